The van der Waals surface area contributed by atoms with Crippen LogP contribution in [0.5, 0.6) is 0 Å². The van der Waals surface area contributed by atoms with Crippen LogP contribution in [0.15, 0.2) is 70.3 Å². The number of carbonyl (C=O) groups is 1. The van der Waals surface area contributed by atoms with E-state index in [-0.39, 0.29) is 29.3 Å². The molecular formula is C24H28N2O3S2. The van der Waals surface area contributed by atoms with Gasteiger partial charge in [-0.05, 0) is 61.9 Å². The van der Waals surface area contributed by atoms with E-state index in [0.29, 0.717) is 11.3 Å². The van der Waals surface area contributed by atoms with E-state index in [1.807, 2.05) is 68.3 Å². The number of nitrogens with zero attached hydrogens (tertiary/aromatic N) is 1. The van der Waals surface area contributed by atoms with Gasteiger partial charge in [0.05, 0.1) is 17.0 Å². The van der Waals surface area contributed by atoms with Gasteiger partial charge in [0.25, 0.3) is 10.0 Å². The molecule has 1 N–H and O–H groups in total. The van der Waals surface area contributed by atoms with E-state index < -0.39 is 10.0 Å². The Morgan fingerprint density at radius 1 is 0.903 bits per heavy atom. The van der Waals surface area contributed by atoms with Crippen LogP contribution in [0.25, 0.3) is 11.1 Å². The lowest BCUT2D eigenvalue weighted by atomic mass is 10.1. The van der Waals surface area contributed by atoms with Crippen molar-refractivity contribution in [3.63, 3.8) is 0 Å². The van der Waals surface area contributed by atoms with Gasteiger partial charge in [0.1, 0.15) is 0 Å². The monoisotopic (exact) mass is 456 g/mol. The summed E-state index contributed by atoms with van der Waals surface area (Å²) in [5.74, 6) is -0.0175. The van der Waals surface area contributed by atoms with Gasteiger partial charge in [0.15, 0.2) is 0 Å². The van der Waals surface area contributed by atoms with Crippen molar-refractivity contribution in [2.45, 2.75) is 51.1 Å². The lowest BCUT2D eigenvalue weighted by molar-refractivity contribution is -0.134. The molecule has 1 amide bonds. The van der Waals surface area contributed by atoms with Gasteiger partial charge in [-0.3, -0.25) is 9.52 Å². The zero-order chi connectivity index (χ0) is 22.6. The molecule has 5 nitrogen and oxygen atoms in total. The molecule has 0 fully saturated rings. The fourth-order valence-electron chi connectivity index (χ4n) is 3.64. The number of carbonyl (C=O) groups excluding carboxylic acids is 1. The van der Waals surface area contributed by atoms with Crippen molar-refractivity contribution in [3.05, 3.63) is 70.9 Å². The summed E-state index contributed by atoms with van der Waals surface area (Å²) in [6.07, 6.45) is 0.157. The third-order valence-corrected chi connectivity index (χ3v) is 7.17. The number of nitrogens with one attached hydrogen (secondary N) is 1. The molecule has 3 rings (SSSR count). The number of thiophene rings is 1. The molecule has 0 atom stereocenters. The van der Waals surface area contributed by atoms with Crippen LogP contribution in [-0.4, -0.2) is 31.3 Å². The molecule has 0 saturated heterocycles. The van der Waals surface area contributed by atoms with Crippen LogP contribution in [-0.2, 0) is 21.2 Å². The zero-order valence-electron chi connectivity index (χ0n) is 18.2. The topological polar surface area (TPSA) is 66.5 Å². The van der Waals surface area contributed by atoms with Gasteiger partial charge in [-0.2, -0.15) is 0 Å². The zero-order valence-corrected chi connectivity index (χ0v) is 19.8. The Balaban J connectivity index is 1.77. The molecular weight excluding hydrogens is 428 g/mol. The molecule has 0 unspecified atom stereocenters. The first kappa shape index (κ1) is 23.0. The van der Waals surface area contributed by atoms with E-state index in [2.05, 4.69) is 4.72 Å². The molecule has 1 heterocycles. The Hall–Kier alpha value is -2.64. The van der Waals surface area contributed by atoms with Crippen LogP contribution >= 0.6 is 11.3 Å². The van der Waals surface area contributed by atoms with Gasteiger partial charge in [-0.1, -0.05) is 42.5 Å². The van der Waals surface area contributed by atoms with Gasteiger partial charge in [-0.15, -0.1) is 11.3 Å². The number of amides is 1. The molecule has 0 aliphatic carbocycles. The van der Waals surface area contributed by atoms with Crippen molar-refractivity contribution < 1.29 is 13.2 Å². The highest BCUT2D eigenvalue weighted by Crippen LogP contribution is 2.27. The maximum atomic E-state index is 12.9. The summed E-state index contributed by atoms with van der Waals surface area (Å²) < 4.78 is 28.5. The standard InChI is InChI=1S/C24H28N2O3S2/c1-17(2)26(18(3)4)24(27)14-21-15-30-16-23(21)25-31(28,29)22-12-10-20(11-13-22)19-8-6-5-7-9-19/h5-13,15-18,25H,14H2,1-4H3. The molecule has 3 aromatic rings. The molecule has 0 bridgehead atoms. The van der Waals surface area contributed by atoms with Crippen LogP contribution in [0.2, 0.25) is 0 Å². The molecule has 7 heteroatoms. The van der Waals surface area contributed by atoms with Gasteiger partial charge in [0, 0.05) is 17.5 Å². The van der Waals surface area contributed by atoms with Gasteiger partial charge < -0.3 is 4.90 Å². The van der Waals surface area contributed by atoms with Crippen molar-refractivity contribution >= 4 is 33.0 Å². The minimum Gasteiger partial charge on any atom is -0.338 e. The highest BCUT2D eigenvalue weighted by Gasteiger charge is 2.23. The molecule has 0 aliphatic rings. The average molecular weight is 457 g/mol. The summed E-state index contributed by atoms with van der Waals surface area (Å²) in [5.41, 5.74) is 3.12. The van der Waals surface area contributed by atoms with Crippen LogP contribution < -0.4 is 4.72 Å². The summed E-state index contributed by atoms with van der Waals surface area (Å²) in [6.45, 7) is 7.92. The average Bonchev–Trinajstić information content (AvgIpc) is 3.14. The van der Waals surface area contributed by atoms with Crippen LogP contribution in [0.4, 0.5) is 5.69 Å². The lowest BCUT2D eigenvalue weighted by Gasteiger charge is -2.31. The first-order chi connectivity index (χ1) is 14.7. The highest BCUT2D eigenvalue weighted by atomic mass is 32.2. The lowest BCUT2D eigenvalue weighted by Crippen LogP contribution is -2.42. The van der Waals surface area contributed by atoms with Crippen molar-refractivity contribution in [1.82, 2.24) is 4.90 Å². The Labute approximate surface area is 188 Å². The van der Waals surface area contributed by atoms with Gasteiger partial charge in [0.2, 0.25) is 5.91 Å². The quantitative estimate of drug-likeness (QED) is 0.493. The van der Waals surface area contributed by atoms with Gasteiger partial charge >= 0.3 is 0 Å². The Morgan fingerprint density at radius 3 is 2.06 bits per heavy atom. The van der Waals surface area contributed by atoms with Crippen molar-refractivity contribution in [2.75, 3.05) is 4.72 Å². The summed E-state index contributed by atoms with van der Waals surface area (Å²) in [7, 11) is -3.76. The van der Waals surface area contributed by atoms with E-state index in [9.17, 15) is 13.2 Å². The summed E-state index contributed by atoms with van der Waals surface area (Å²) >= 11 is 1.37. The molecule has 31 heavy (non-hydrogen) atoms. The predicted molar refractivity (Wildman–Crippen MR) is 128 cm³/mol. The minimum absolute atomic E-state index is 0.0175. The SMILES string of the molecule is CC(C)N(C(=O)Cc1cscc1NS(=O)(=O)c1ccc(-c2ccccc2)cc1)C(C)C. The number of rotatable bonds is 8. The number of benzene rings is 2. The number of hydrogen-bond donors (Lipinski definition) is 1. The second kappa shape index (κ2) is 9.66. The largest absolute Gasteiger partial charge is 0.338 e. The van der Waals surface area contributed by atoms with Crippen LogP contribution in [0.1, 0.15) is 33.3 Å². The molecule has 1 aromatic heterocycles. The van der Waals surface area contributed by atoms with Crippen LogP contribution in [0, 0.1) is 0 Å². The first-order valence-electron chi connectivity index (χ1n) is 10.2. The second-order valence-corrected chi connectivity index (χ2v) is 10.4. The fraction of sp³-hybridized carbons (Fsp3) is 0.292. The van der Waals surface area contributed by atoms with E-state index in [4.69, 9.17) is 0 Å². The van der Waals surface area contributed by atoms with E-state index in [0.717, 1.165) is 11.1 Å². The van der Waals surface area contributed by atoms with Crippen molar-refractivity contribution in [1.29, 1.82) is 0 Å². The van der Waals surface area contributed by atoms with Crippen molar-refractivity contribution in [3.8, 4) is 11.1 Å². The molecule has 164 valence electrons. The molecule has 2 aromatic carbocycles. The molecule has 0 saturated carbocycles. The van der Waals surface area contributed by atoms with Gasteiger partial charge in [-0.25, -0.2) is 8.42 Å². The minimum atomic E-state index is -3.76. The van der Waals surface area contributed by atoms with Crippen LogP contribution in [0.3, 0.4) is 0 Å². The predicted octanol–water partition coefficient (Wildman–Crippen LogP) is 5.40. The summed E-state index contributed by atoms with van der Waals surface area (Å²) in [6, 6.07) is 16.7. The number of anilines is 1. The highest BCUT2D eigenvalue weighted by molar-refractivity contribution is 7.92. The van der Waals surface area contributed by atoms with E-state index in [1.54, 1.807) is 29.6 Å². The maximum absolute atomic E-state index is 12.9. The summed E-state index contributed by atoms with van der Waals surface area (Å²) in [5, 5.41) is 3.56. The molecule has 0 spiro atoms. The van der Waals surface area contributed by atoms with E-state index >= 15 is 0 Å². The normalized spacial score (nSPS) is 11.7. The fourth-order valence-corrected chi connectivity index (χ4v) is 5.59. The maximum Gasteiger partial charge on any atom is 0.261 e. The Morgan fingerprint density at radius 2 is 1.48 bits per heavy atom. The van der Waals surface area contributed by atoms with Crippen molar-refractivity contribution in [2.24, 2.45) is 0 Å². The first-order valence-corrected chi connectivity index (χ1v) is 12.7. The smallest absolute Gasteiger partial charge is 0.261 e. The third kappa shape index (κ3) is 5.54. The number of sulfonamides is 1. The Bertz CT molecular complexity index is 1110. The third-order valence-electron chi connectivity index (χ3n) is 5.00. The number of hydrogen-bond acceptors (Lipinski definition) is 4. The second-order valence-electron chi connectivity index (χ2n) is 7.97. The molecule has 0 aliphatic heterocycles. The molecule has 0 radical (unpaired) electrons. The van der Waals surface area contributed by atoms with E-state index in [1.165, 1.54) is 11.3 Å². The Kier molecular flexibility index (Phi) is 7.18. The summed E-state index contributed by atoms with van der Waals surface area (Å²) in [4.78, 5) is 14.8.